The molecule has 3 N–H and O–H groups in total. The lowest BCUT2D eigenvalue weighted by Gasteiger charge is -2.10. The van der Waals surface area contributed by atoms with E-state index < -0.39 is 12.2 Å². The quantitative estimate of drug-likeness (QED) is 0.446. The average Bonchev–Trinajstić information content (AvgIpc) is 2.15. The molecule has 1 saturated heterocycles. The first-order valence-corrected chi connectivity index (χ1v) is 3.66. The van der Waals surface area contributed by atoms with Crippen molar-refractivity contribution in [2.24, 2.45) is 0 Å². The van der Waals surface area contributed by atoms with Crippen molar-refractivity contribution in [2.45, 2.75) is 17.5 Å². The largest absolute Gasteiger partial charge is 0.395 e. The molecule has 0 spiro atoms. The van der Waals surface area contributed by atoms with Gasteiger partial charge in [0.15, 0.2) is 0 Å². The summed E-state index contributed by atoms with van der Waals surface area (Å²) in [4.78, 5) is 0. The highest BCUT2D eigenvalue weighted by molar-refractivity contribution is 8.02. The summed E-state index contributed by atoms with van der Waals surface area (Å²) in [7, 11) is 0. The van der Waals surface area contributed by atoms with Crippen molar-refractivity contribution >= 4 is 11.8 Å². The molecule has 1 heterocycles. The van der Waals surface area contributed by atoms with Crippen molar-refractivity contribution in [3.63, 3.8) is 0 Å². The highest BCUT2D eigenvalue weighted by Crippen LogP contribution is 2.30. The Kier molecular flexibility index (Phi) is 2.35. The van der Waals surface area contributed by atoms with Crippen LogP contribution in [0.4, 0.5) is 0 Å². The van der Waals surface area contributed by atoms with Gasteiger partial charge in [-0.25, -0.2) is 0 Å². The highest BCUT2D eigenvalue weighted by Gasteiger charge is 2.33. The van der Waals surface area contributed by atoms with Crippen molar-refractivity contribution in [2.75, 3.05) is 6.61 Å². The van der Waals surface area contributed by atoms with Crippen molar-refractivity contribution in [1.82, 2.24) is 0 Å². The van der Waals surface area contributed by atoms with Gasteiger partial charge in [-0.05, 0) is 0 Å². The fourth-order valence-corrected chi connectivity index (χ4v) is 1.65. The summed E-state index contributed by atoms with van der Waals surface area (Å²) in [6, 6.07) is 0. The third-order valence-electron chi connectivity index (χ3n) is 1.30. The molecule has 0 unspecified atom stereocenters. The molecule has 53 valence electrons. The van der Waals surface area contributed by atoms with E-state index in [0.717, 1.165) is 0 Å². The first-order chi connectivity index (χ1) is 4.25. The second-order valence-electron chi connectivity index (χ2n) is 1.97. The van der Waals surface area contributed by atoms with Crippen LogP contribution in [0.5, 0.6) is 0 Å². The molecule has 0 saturated carbocycles. The van der Waals surface area contributed by atoms with E-state index in [9.17, 15) is 0 Å². The monoisotopic (exact) mass is 149 g/mol. The molecular weight excluding hydrogens is 140 g/mol. The van der Waals surface area contributed by atoms with Gasteiger partial charge in [0.2, 0.25) is 0 Å². The normalized spacial score (nSPS) is 43.7. The lowest BCUT2D eigenvalue weighted by Crippen LogP contribution is -2.30. The smallest absolute Gasteiger partial charge is 0.0951 e. The molecular formula is C5H9O3S. The molecule has 3 atom stereocenters. The minimum absolute atomic E-state index is 0.0839. The summed E-state index contributed by atoms with van der Waals surface area (Å²) in [5.41, 5.74) is 0. The van der Waals surface area contributed by atoms with Crippen molar-refractivity contribution in [1.29, 1.82) is 0 Å². The van der Waals surface area contributed by atoms with Crippen molar-refractivity contribution < 1.29 is 15.3 Å². The second kappa shape index (κ2) is 2.88. The van der Waals surface area contributed by atoms with Crippen LogP contribution in [-0.2, 0) is 0 Å². The lowest BCUT2D eigenvalue weighted by atomic mass is 10.2. The number of aliphatic hydroxyl groups excluding tert-OH is 3. The molecule has 0 aromatic carbocycles. The molecule has 4 heteroatoms. The van der Waals surface area contributed by atoms with E-state index >= 15 is 0 Å². The number of rotatable bonds is 1. The van der Waals surface area contributed by atoms with E-state index in [1.54, 1.807) is 0 Å². The molecule has 9 heavy (non-hydrogen) atoms. The van der Waals surface area contributed by atoms with E-state index in [-0.39, 0.29) is 11.9 Å². The first kappa shape index (κ1) is 7.34. The Labute approximate surface area is 57.7 Å². The SMILES string of the molecule is OC[C@@H]1S[CH][C@H](O)[C@@H]1O. The summed E-state index contributed by atoms with van der Waals surface area (Å²) in [6.07, 6.45) is -1.56. The number of aliphatic hydroxyl groups is 3. The molecule has 0 aliphatic carbocycles. The summed E-state index contributed by atoms with van der Waals surface area (Å²) >= 11 is 1.28. The zero-order valence-electron chi connectivity index (χ0n) is 4.77. The maximum Gasteiger partial charge on any atom is 0.0951 e. The van der Waals surface area contributed by atoms with Crippen LogP contribution in [-0.4, -0.2) is 39.4 Å². The van der Waals surface area contributed by atoms with Crippen LogP contribution in [0, 0.1) is 5.75 Å². The van der Waals surface area contributed by atoms with Gasteiger partial charge in [-0.1, -0.05) is 0 Å². The van der Waals surface area contributed by atoms with Crippen LogP contribution >= 0.6 is 11.8 Å². The minimum Gasteiger partial charge on any atom is -0.395 e. The molecule has 1 radical (unpaired) electrons. The average molecular weight is 149 g/mol. The fourth-order valence-electron chi connectivity index (χ4n) is 0.713. The van der Waals surface area contributed by atoms with Crippen LogP contribution in [0.15, 0.2) is 0 Å². The van der Waals surface area contributed by atoms with Gasteiger partial charge < -0.3 is 15.3 Å². The predicted octanol–water partition coefficient (Wildman–Crippen LogP) is -1.02. The minimum atomic E-state index is -0.792. The molecule has 3 nitrogen and oxygen atoms in total. The van der Waals surface area contributed by atoms with Gasteiger partial charge in [0.25, 0.3) is 0 Å². The summed E-state index contributed by atoms with van der Waals surface area (Å²) in [5, 5.41) is 26.2. The topological polar surface area (TPSA) is 60.7 Å². The Morgan fingerprint density at radius 1 is 1.44 bits per heavy atom. The third-order valence-corrected chi connectivity index (χ3v) is 2.52. The van der Waals surface area contributed by atoms with Crippen molar-refractivity contribution in [3.05, 3.63) is 5.75 Å². The maximum atomic E-state index is 9.00. The van der Waals surface area contributed by atoms with Gasteiger partial charge in [-0.2, -0.15) is 0 Å². The Bertz CT molecular complexity index is 98.2. The van der Waals surface area contributed by atoms with Crippen LogP contribution in [0.2, 0.25) is 0 Å². The standard InChI is InChI=1S/C5H9O3S/c6-1-4-5(8)3(7)2-9-4/h2-8H,1H2/t3-,4-,5-/m0/s1. The zero-order valence-corrected chi connectivity index (χ0v) is 5.58. The van der Waals surface area contributed by atoms with E-state index in [2.05, 4.69) is 0 Å². The van der Waals surface area contributed by atoms with Crippen LogP contribution in [0.25, 0.3) is 0 Å². The molecule has 1 rings (SSSR count). The zero-order chi connectivity index (χ0) is 6.85. The van der Waals surface area contributed by atoms with Gasteiger partial charge in [0.1, 0.15) is 0 Å². The summed E-state index contributed by atoms with van der Waals surface area (Å²) in [5.74, 6) is 1.53. The highest BCUT2D eigenvalue weighted by atomic mass is 32.2. The molecule has 1 aliphatic heterocycles. The lowest BCUT2D eigenvalue weighted by molar-refractivity contribution is 0.0406. The summed E-state index contributed by atoms with van der Waals surface area (Å²) < 4.78 is 0. The van der Waals surface area contributed by atoms with Crippen LogP contribution < -0.4 is 0 Å². The third kappa shape index (κ3) is 1.38. The van der Waals surface area contributed by atoms with Gasteiger partial charge in [0.05, 0.1) is 24.1 Å². The van der Waals surface area contributed by atoms with E-state index in [1.165, 1.54) is 17.5 Å². The molecule has 0 aromatic heterocycles. The van der Waals surface area contributed by atoms with E-state index in [4.69, 9.17) is 15.3 Å². The fraction of sp³-hybridized carbons (Fsp3) is 0.800. The Balaban J connectivity index is 2.41. The van der Waals surface area contributed by atoms with Crippen LogP contribution in [0.1, 0.15) is 0 Å². The van der Waals surface area contributed by atoms with Gasteiger partial charge in [-0.15, -0.1) is 11.8 Å². The Hall–Kier alpha value is 0.230. The number of thioether (sulfide) groups is 1. The number of hydrogen-bond donors (Lipinski definition) is 3. The Morgan fingerprint density at radius 2 is 2.11 bits per heavy atom. The second-order valence-corrected chi connectivity index (χ2v) is 3.12. The van der Waals surface area contributed by atoms with Gasteiger partial charge >= 0.3 is 0 Å². The molecule has 0 amide bonds. The Morgan fingerprint density at radius 3 is 2.33 bits per heavy atom. The van der Waals surface area contributed by atoms with Crippen molar-refractivity contribution in [3.8, 4) is 0 Å². The molecule has 0 bridgehead atoms. The van der Waals surface area contributed by atoms with Gasteiger partial charge in [-0.3, -0.25) is 0 Å². The van der Waals surface area contributed by atoms with Gasteiger partial charge in [0, 0.05) is 5.75 Å². The molecule has 0 aromatic rings. The maximum absolute atomic E-state index is 9.00. The predicted molar refractivity (Wildman–Crippen MR) is 34.8 cm³/mol. The first-order valence-electron chi connectivity index (χ1n) is 2.71. The molecule has 1 aliphatic rings. The summed E-state index contributed by atoms with van der Waals surface area (Å²) in [6.45, 7) is -0.0839. The van der Waals surface area contributed by atoms with E-state index in [0.29, 0.717) is 0 Å². The van der Waals surface area contributed by atoms with E-state index in [1.807, 2.05) is 0 Å². The van der Waals surface area contributed by atoms with Crippen LogP contribution in [0.3, 0.4) is 0 Å². The molecule has 1 fully saturated rings. The number of hydrogen-bond acceptors (Lipinski definition) is 4.